The van der Waals surface area contributed by atoms with Crippen LogP contribution in [0.25, 0.3) is 0 Å². The molecule has 0 aromatic heterocycles. The first-order valence-corrected chi connectivity index (χ1v) is 11.7. The number of sulfonamides is 1. The predicted molar refractivity (Wildman–Crippen MR) is 116 cm³/mol. The third-order valence-corrected chi connectivity index (χ3v) is 7.57. The first-order chi connectivity index (χ1) is 13.8. The van der Waals surface area contributed by atoms with Gasteiger partial charge in [-0.25, -0.2) is 8.42 Å². The van der Waals surface area contributed by atoms with E-state index in [1.54, 1.807) is 16.4 Å². The van der Waals surface area contributed by atoms with Crippen molar-refractivity contribution in [1.82, 2.24) is 9.62 Å². The first kappa shape index (κ1) is 21.5. The number of carbonyl (C=O) groups is 1. The molecule has 0 bridgehead atoms. The molecule has 1 atom stereocenters. The molecule has 1 fully saturated rings. The van der Waals surface area contributed by atoms with E-state index in [0.717, 1.165) is 36.0 Å². The van der Waals surface area contributed by atoms with Crippen LogP contribution in [0, 0.1) is 20.8 Å². The SMILES string of the molecule is Cc1ccc(S(=O)(=O)N2CCCCC2CCNC(=O)c2cc(C)ccc2C)cc1. The van der Waals surface area contributed by atoms with Gasteiger partial charge in [-0.05, 0) is 63.8 Å². The molecule has 2 aromatic carbocycles. The minimum Gasteiger partial charge on any atom is -0.352 e. The zero-order chi connectivity index (χ0) is 21.0. The van der Waals surface area contributed by atoms with Crippen molar-refractivity contribution < 1.29 is 13.2 Å². The van der Waals surface area contributed by atoms with E-state index in [1.807, 2.05) is 51.1 Å². The second-order valence-corrected chi connectivity index (χ2v) is 9.83. The number of hydrogen-bond donors (Lipinski definition) is 1. The van der Waals surface area contributed by atoms with E-state index >= 15 is 0 Å². The Labute approximate surface area is 174 Å². The van der Waals surface area contributed by atoms with Crippen LogP contribution in [-0.4, -0.2) is 37.8 Å². The maximum absolute atomic E-state index is 13.1. The van der Waals surface area contributed by atoms with Gasteiger partial charge in [0.15, 0.2) is 0 Å². The Bertz CT molecular complexity index is 968. The maximum Gasteiger partial charge on any atom is 0.251 e. The number of piperidine rings is 1. The molecule has 29 heavy (non-hydrogen) atoms. The molecule has 2 aromatic rings. The van der Waals surface area contributed by atoms with E-state index in [2.05, 4.69) is 5.32 Å². The minimum atomic E-state index is -3.52. The largest absolute Gasteiger partial charge is 0.352 e. The topological polar surface area (TPSA) is 66.5 Å². The molecule has 1 saturated heterocycles. The third kappa shape index (κ3) is 5.06. The highest BCUT2D eigenvalue weighted by Crippen LogP contribution is 2.27. The van der Waals surface area contributed by atoms with Crippen LogP contribution in [0.2, 0.25) is 0 Å². The van der Waals surface area contributed by atoms with E-state index in [-0.39, 0.29) is 11.9 Å². The van der Waals surface area contributed by atoms with E-state index in [4.69, 9.17) is 0 Å². The molecule has 1 heterocycles. The van der Waals surface area contributed by atoms with Crippen molar-refractivity contribution in [2.24, 2.45) is 0 Å². The molecule has 156 valence electrons. The highest BCUT2D eigenvalue weighted by atomic mass is 32.2. The highest BCUT2D eigenvalue weighted by molar-refractivity contribution is 7.89. The molecule has 0 spiro atoms. The molecular weight excluding hydrogens is 384 g/mol. The van der Waals surface area contributed by atoms with Gasteiger partial charge in [-0.15, -0.1) is 0 Å². The maximum atomic E-state index is 13.1. The van der Waals surface area contributed by atoms with Gasteiger partial charge >= 0.3 is 0 Å². The second-order valence-electron chi connectivity index (χ2n) is 7.94. The number of carbonyl (C=O) groups excluding carboxylic acids is 1. The molecule has 0 saturated carbocycles. The summed E-state index contributed by atoms with van der Waals surface area (Å²) in [4.78, 5) is 12.9. The summed E-state index contributed by atoms with van der Waals surface area (Å²) in [6.45, 7) is 6.82. The lowest BCUT2D eigenvalue weighted by atomic mass is 10.0. The Morgan fingerprint density at radius 2 is 1.72 bits per heavy atom. The van der Waals surface area contributed by atoms with Crippen LogP contribution >= 0.6 is 0 Å². The summed E-state index contributed by atoms with van der Waals surface area (Å²) >= 11 is 0. The van der Waals surface area contributed by atoms with E-state index in [1.165, 1.54) is 0 Å². The number of benzene rings is 2. The summed E-state index contributed by atoms with van der Waals surface area (Å²) in [6, 6.07) is 12.8. The molecule has 6 heteroatoms. The van der Waals surface area contributed by atoms with Crippen LogP contribution in [0.3, 0.4) is 0 Å². The molecule has 1 N–H and O–H groups in total. The lowest BCUT2D eigenvalue weighted by molar-refractivity contribution is 0.0949. The summed E-state index contributed by atoms with van der Waals surface area (Å²) < 4.78 is 27.9. The first-order valence-electron chi connectivity index (χ1n) is 10.2. The molecule has 1 unspecified atom stereocenters. The second kappa shape index (κ2) is 9.09. The number of nitrogens with zero attached hydrogens (tertiary/aromatic N) is 1. The van der Waals surface area contributed by atoms with Crippen molar-refractivity contribution in [1.29, 1.82) is 0 Å². The predicted octanol–water partition coefficient (Wildman–Crippen LogP) is 3.98. The molecule has 1 amide bonds. The van der Waals surface area contributed by atoms with Gasteiger partial charge in [0.1, 0.15) is 0 Å². The third-order valence-electron chi connectivity index (χ3n) is 5.60. The molecule has 0 aliphatic carbocycles. The number of rotatable bonds is 6. The number of amides is 1. The summed E-state index contributed by atoms with van der Waals surface area (Å²) in [7, 11) is -3.52. The molecule has 1 aliphatic rings. The Kier molecular flexibility index (Phi) is 6.75. The molecule has 5 nitrogen and oxygen atoms in total. The highest BCUT2D eigenvalue weighted by Gasteiger charge is 2.33. The summed E-state index contributed by atoms with van der Waals surface area (Å²) in [6.07, 6.45) is 3.32. The van der Waals surface area contributed by atoms with Crippen molar-refractivity contribution in [3.05, 3.63) is 64.7 Å². The van der Waals surface area contributed by atoms with Crippen LogP contribution in [0.5, 0.6) is 0 Å². The number of nitrogens with one attached hydrogen (secondary N) is 1. The van der Waals surface area contributed by atoms with E-state index in [9.17, 15) is 13.2 Å². The number of aryl methyl sites for hydroxylation is 3. The fourth-order valence-electron chi connectivity index (χ4n) is 3.85. The smallest absolute Gasteiger partial charge is 0.251 e. The van der Waals surface area contributed by atoms with Crippen LogP contribution in [0.15, 0.2) is 47.4 Å². The van der Waals surface area contributed by atoms with Crippen LogP contribution < -0.4 is 5.32 Å². The minimum absolute atomic E-state index is 0.0889. The number of hydrogen-bond acceptors (Lipinski definition) is 3. The zero-order valence-corrected chi connectivity index (χ0v) is 18.3. The molecule has 0 radical (unpaired) electrons. The van der Waals surface area contributed by atoms with E-state index in [0.29, 0.717) is 30.0 Å². The molecule has 1 aliphatic heterocycles. The van der Waals surface area contributed by atoms with Gasteiger partial charge in [0.05, 0.1) is 4.90 Å². The summed E-state index contributed by atoms with van der Waals surface area (Å²) in [5.41, 5.74) is 3.70. The van der Waals surface area contributed by atoms with E-state index < -0.39 is 10.0 Å². The molecular formula is C23H30N2O3S. The van der Waals surface area contributed by atoms with Crippen molar-refractivity contribution in [3.63, 3.8) is 0 Å². The van der Waals surface area contributed by atoms with Gasteiger partial charge in [0, 0.05) is 24.7 Å². The van der Waals surface area contributed by atoms with Crippen molar-refractivity contribution >= 4 is 15.9 Å². The monoisotopic (exact) mass is 414 g/mol. The lowest BCUT2D eigenvalue weighted by Gasteiger charge is -2.34. The van der Waals surface area contributed by atoms with Crippen molar-refractivity contribution in [2.45, 2.75) is 57.4 Å². The zero-order valence-electron chi connectivity index (χ0n) is 17.4. The normalized spacial score (nSPS) is 17.8. The van der Waals surface area contributed by atoms with Gasteiger partial charge in [-0.1, -0.05) is 41.8 Å². The molecule has 3 rings (SSSR count). The Hall–Kier alpha value is -2.18. The van der Waals surface area contributed by atoms with Crippen molar-refractivity contribution in [2.75, 3.05) is 13.1 Å². The summed E-state index contributed by atoms with van der Waals surface area (Å²) in [5, 5.41) is 2.97. The van der Waals surface area contributed by atoms with Crippen LogP contribution in [0.1, 0.15) is 52.7 Å². The average Bonchev–Trinajstić information content (AvgIpc) is 2.70. The van der Waals surface area contributed by atoms with Gasteiger partial charge < -0.3 is 5.32 Å². The van der Waals surface area contributed by atoms with Gasteiger partial charge in [0.2, 0.25) is 10.0 Å². The van der Waals surface area contributed by atoms with Gasteiger partial charge in [-0.3, -0.25) is 4.79 Å². The van der Waals surface area contributed by atoms with Gasteiger partial charge in [0.25, 0.3) is 5.91 Å². The van der Waals surface area contributed by atoms with Crippen LogP contribution in [-0.2, 0) is 10.0 Å². The Balaban J connectivity index is 1.66. The quantitative estimate of drug-likeness (QED) is 0.778. The Morgan fingerprint density at radius 3 is 2.45 bits per heavy atom. The van der Waals surface area contributed by atoms with Crippen molar-refractivity contribution in [3.8, 4) is 0 Å². The fourth-order valence-corrected chi connectivity index (χ4v) is 5.58. The van der Waals surface area contributed by atoms with Gasteiger partial charge in [-0.2, -0.15) is 4.31 Å². The fraction of sp³-hybridized carbons (Fsp3) is 0.435. The average molecular weight is 415 g/mol. The Morgan fingerprint density at radius 1 is 1.03 bits per heavy atom. The standard InChI is InChI=1S/C23H30N2O3S/c1-17-8-11-21(12-9-17)29(27,28)25-15-5-4-6-20(25)13-14-24-23(26)22-16-18(2)7-10-19(22)3/h7-12,16,20H,4-6,13-15H2,1-3H3,(H,24,26). The lowest BCUT2D eigenvalue weighted by Crippen LogP contribution is -2.45. The van der Waals surface area contributed by atoms with Crippen LogP contribution in [0.4, 0.5) is 0 Å². The summed E-state index contributed by atoms with van der Waals surface area (Å²) in [5.74, 6) is -0.102.